The van der Waals surface area contributed by atoms with Crippen molar-refractivity contribution >= 4 is 17.9 Å². The number of carbonyl (C=O) groups is 3. The van der Waals surface area contributed by atoms with Crippen molar-refractivity contribution < 1.29 is 28.6 Å². The Morgan fingerprint density at radius 2 is 1.21 bits per heavy atom. The summed E-state index contributed by atoms with van der Waals surface area (Å²) in [6.45, 7) is 7.37. The van der Waals surface area contributed by atoms with E-state index in [1.807, 2.05) is 0 Å². The van der Waals surface area contributed by atoms with Gasteiger partial charge in [0.25, 0.3) is 0 Å². The zero-order chi connectivity index (χ0) is 14.9. The van der Waals surface area contributed by atoms with Crippen LogP contribution in [0.4, 0.5) is 0 Å². The van der Waals surface area contributed by atoms with Crippen LogP contribution in [0.15, 0.2) is 12.7 Å². The highest BCUT2D eigenvalue weighted by Gasteiger charge is 2.33. The lowest BCUT2D eigenvalue weighted by atomic mass is 9.87. The van der Waals surface area contributed by atoms with Crippen molar-refractivity contribution in [1.82, 2.24) is 0 Å². The van der Waals surface area contributed by atoms with Gasteiger partial charge in [0, 0.05) is 20.8 Å². The minimum atomic E-state index is -0.801. The molecule has 0 amide bonds. The van der Waals surface area contributed by atoms with E-state index in [0.717, 1.165) is 0 Å². The molecule has 0 rings (SSSR count). The Morgan fingerprint density at radius 3 is 1.42 bits per heavy atom. The van der Waals surface area contributed by atoms with Crippen LogP contribution in [-0.4, -0.2) is 37.7 Å². The topological polar surface area (TPSA) is 78.9 Å². The van der Waals surface area contributed by atoms with E-state index in [1.54, 1.807) is 6.08 Å². The third-order valence-electron chi connectivity index (χ3n) is 2.32. The molecule has 0 heterocycles. The molecule has 0 bridgehead atoms. The van der Waals surface area contributed by atoms with Gasteiger partial charge in [0.15, 0.2) is 0 Å². The van der Waals surface area contributed by atoms with E-state index in [1.165, 1.54) is 20.8 Å². The number of hydrogen-bond donors (Lipinski definition) is 0. The molecule has 0 fully saturated rings. The number of carbonyl (C=O) groups excluding carboxylic acids is 3. The number of hydrogen-bond acceptors (Lipinski definition) is 6. The first-order valence-electron chi connectivity index (χ1n) is 5.82. The van der Waals surface area contributed by atoms with Gasteiger partial charge < -0.3 is 14.2 Å². The van der Waals surface area contributed by atoms with Gasteiger partial charge in [-0.2, -0.15) is 0 Å². The zero-order valence-electron chi connectivity index (χ0n) is 11.6. The van der Waals surface area contributed by atoms with E-state index in [-0.39, 0.29) is 19.8 Å². The van der Waals surface area contributed by atoms with Crippen molar-refractivity contribution in [3.8, 4) is 0 Å². The Kier molecular flexibility index (Phi) is 7.48. The fourth-order valence-electron chi connectivity index (χ4n) is 1.37. The second-order valence-electron chi connectivity index (χ2n) is 4.33. The molecular weight excluding hydrogens is 252 g/mol. The Labute approximate surface area is 112 Å². The monoisotopic (exact) mass is 272 g/mol. The largest absolute Gasteiger partial charge is 0.465 e. The van der Waals surface area contributed by atoms with Crippen molar-refractivity contribution in [3.05, 3.63) is 12.7 Å². The van der Waals surface area contributed by atoms with Crippen LogP contribution in [0.25, 0.3) is 0 Å². The first-order chi connectivity index (χ1) is 8.81. The van der Waals surface area contributed by atoms with Crippen LogP contribution in [0.3, 0.4) is 0 Å². The van der Waals surface area contributed by atoms with Crippen molar-refractivity contribution in [1.29, 1.82) is 0 Å². The third-order valence-corrected chi connectivity index (χ3v) is 2.32. The van der Waals surface area contributed by atoms with Gasteiger partial charge in [-0.25, -0.2) is 0 Å². The lowest BCUT2D eigenvalue weighted by Crippen LogP contribution is -2.38. The molecule has 0 saturated carbocycles. The molecule has 6 nitrogen and oxygen atoms in total. The molecule has 0 radical (unpaired) electrons. The smallest absolute Gasteiger partial charge is 0.302 e. The third kappa shape index (κ3) is 7.96. The molecule has 0 atom stereocenters. The summed E-state index contributed by atoms with van der Waals surface area (Å²) in [6, 6.07) is 0. The van der Waals surface area contributed by atoms with E-state index >= 15 is 0 Å². The average Bonchev–Trinajstić information content (AvgIpc) is 2.31. The average molecular weight is 272 g/mol. The van der Waals surface area contributed by atoms with Crippen molar-refractivity contribution in [2.24, 2.45) is 5.41 Å². The molecule has 0 unspecified atom stereocenters. The van der Waals surface area contributed by atoms with Crippen LogP contribution in [0.5, 0.6) is 0 Å². The maximum absolute atomic E-state index is 10.9. The van der Waals surface area contributed by atoms with Gasteiger partial charge in [-0.05, 0) is 6.42 Å². The molecule has 0 aliphatic carbocycles. The molecule has 0 aliphatic heterocycles. The van der Waals surface area contributed by atoms with Crippen LogP contribution in [-0.2, 0) is 28.6 Å². The summed E-state index contributed by atoms with van der Waals surface area (Å²) in [4.78, 5) is 32.7. The second kappa shape index (κ2) is 8.29. The lowest BCUT2D eigenvalue weighted by molar-refractivity contribution is -0.158. The van der Waals surface area contributed by atoms with Crippen LogP contribution >= 0.6 is 0 Å². The fraction of sp³-hybridized carbons (Fsp3) is 0.615. The van der Waals surface area contributed by atoms with E-state index in [0.29, 0.717) is 6.42 Å². The Hall–Kier alpha value is -1.85. The predicted molar refractivity (Wildman–Crippen MR) is 67.1 cm³/mol. The normalized spacial score (nSPS) is 10.5. The Bertz CT molecular complexity index is 301. The van der Waals surface area contributed by atoms with Gasteiger partial charge in [-0.3, -0.25) is 14.4 Å². The summed E-state index contributed by atoms with van der Waals surface area (Å²) in [5, 5.41) is 0. The molecular formula is C13H20O6. The predicted octanol–water partition coefficient (Wildman–Crippen LogP) is 1.24. The Balaban J connectivity index is 4.84. The van der Waals surface area contributed by atoms with Crippen LogP contribution in [0, 0.1) is 5.41 Å². The van der Waals surface area contributed by atoms with E-state index in [9.17, 15) is 14.4 Å². The SMILES string of the molecule is C=CCC(COC(C)=O)(COC(C)=O)COC(C)=O. The molecule has 6 heteroatoms. The minimum Gasteiger partial charge on any atom is -0.465 e. The van der Waals surface area contributed by atoms with Gasteiger partial charge in [0.2, 0.25) is 0 Å². The maximum atomic E-state index is 10.9. The fourth-order valence-corrected chi connectivity index (χ4v) is 1.37. The van der Waals surface area contributed by atoms with Crippen molar-refractivity contribution in [3.63, 3.8) is 0 Å². The standard InChI is InChI=1S/C13H20O6/c1-5-6-13(7-17-10(2)14,8-18-11(3)15)9-19-12(4)16/h5H,1,6-9H2,2-4H3. The second-order valence-corrected chi connectivity index (χ2v) is 4.33. The van der Waals surface area contributed by atoms with E-state index < -0.39 is 23.3 Å². The summed E-state index contributed by atoms with van der Waals surface area (Å²) < 4.78 is 14.9. The van der Waals surface area contributed by atoms with Gasteiger partial charge >= 0.3 is 17.9 Å². The molecule has 0 aromatic rings. The van der Waals surface area contributed by atoms with E-state index in [2.05, 4.69) is 6.58 Å². The van der Waals surface area contributed by atoms with Gasteiger partial charge in [-0.1, -0.05) is 6.08 Å². The summed E-state index contributed by atoms with van der Waals surface area (Å²) in [5.74, 6) is -1.38. The van der Waals surface area contributed by atoms with Crippen LogP contribution in [0.2, 0.25) is 0 Å². The number of rotatable bonds is 8. The maximum Gasteiger partial charge on any atom is 0.302 e. The Morgan fingerprint density at radius 1 is 0.895 bits per heavy atom. The van der Waals surface area contributed by atoms with Gasteiger partial charge in [0.1, 0.15) is 19.8 Å². The molecule has 19 heavy (non-hydrogen) atoms. The molecule has 0 aliphatic rings. The number of esters is 3. The summed E-state index contributed by atoms with van der Waals surface area (Å²) in [6.07, 6.45) is 1.97. The van der Waals surface area contributed by atoms with Crippen molar-refractivity contribution in [2.75, 3.05) is 19.8 Å². The molecule has 0 spiro atoms. The lowest BCUT2D eigenvalue weighted by Gasteiger charge is -2.30. The summed E-state index contributed by atoms with van der Waals surface area (Å²) in [7, 11) is 0. The number of ether oxygens (including phenoxy) is 3. The van der Waals surface area contributed by atoms with Gasteiger partial charge in [0.05, 0.1) is 5.41 Å². The highest BCUT2D eigenvalue weighted by atomic mass is 16.6. The molecule has 108 valence electrons. The first kappa shape index (κ1) is 17.2. The first-order valence-corrected chi connectivity index (χ1v) is 5.82. The van der Waals surface area contributed by atoms with Crippen LogP contribution in [0.1, 0.15) is 27.2 Å². The molecule has 0 aromatic heterocycles. The minimum absolute atomic E-state index is 0.0189. The molecule has 0 aromatic carbocycles. The van der Waals surface area contributed by atoms with E-state index in [4.69, 9.17) is 14.2 Å². The zero-order valence-corrected chi connectivity index (χ0v) is 11.6. The quantitative estimate of drug-likeness (QED) is 0.376. The van der Waals surface area contributed by atoms with Gasteiger partial charge in [-0.15, -0.1) is 6.58 Å². The highest BCUT2D eigenvalue weighted by molar-refractivity contribution is 5.67. The van der Waals surface area contributed by atoms with Crippen molar-refractivity contribution in [2.45, 2.75) is 27.2 Å². The summed E-state index contributed by atoms with van der Waals surface area (Å²) in [5.41, 5.74) is -0.801. The summed E-state index contributed by atoms with van der Waals surface area (Å²) >= 11 is 0. The highest BCUT2D eigenvalue weighted by Crippen LogP contribution is 2.25. The molecule has 0 saturated heterocycles. The number of allylic oxidation sites excluding steroid dienone is 1. The molecule has 0 N–H and O–H groups in total. The van der Waals surface area contributed by atoms with Crippen LogP contribution < -0.4 is 0 Å².